The van der Waals surface area contributed by atoms with Gasteiger partial charge in [0, 0.05) is 12.4 Å². The molecule has 1 N–H and O–H groups in total. The Kier molecular flexibility index (Phi) is 4.32. The Hall–Kier alpha value is -1.16. The average molecular weight is 196 g/mol. The number of ether oxygens (including phenoxy) is 1. The molecule has 0 aromatic carbocycles. The highest BCUT2D eigenvalue weighted by Crippen LogP contribution is 2.23. The summed E-state index contributed by atoms with van der Waals surface area (Å²) in [5.41, 5.74) is 0.531. The van der Waals surface area contributed by atoms with Crippen LogP contribution in [0.4, 0.5) is 0 Å². The molecule has 14 heavy (non-hydrogen) atoms. The van der Waals surface area contributed by atoms with E-state index in [-0.39, 0.29) is 0 Å². The van der Waals surface area contributed by atoms with E-state index < -0.39 is 6.10 Å². The van der Waals surface area contributed by atoms with E-state index in [1.165, 1.54) is 7.11 Å². The standard InChI is InChI=1S/C10H16N2O2/c1-3-4-5-8(13)9-10(14-2)12-7-6-11-9/h6-8,13H,3-5H2,1-2H3. The number of nitrogens with zero attached hydrogens (tertiary/aromatic N) is 2. The average Bonchev–Trinajstić information content (AvgIpc) is 2.25. The van der Waals surface area contributed by atoms with Gasteiger partial charge in [0.1, 0.15) is 11.8 Å². The molecule has 0 amide bonds. The van der Waals surface area contributed by atoms with Crippen LogP contribution in [0.25, 0.3) is 0 Å². The minimum atomic E-state index is -0.571. The third kappa shape index (κ3) is 2.67. The summed E-state index contributed by atoms with van der Waals surface area (Å²) in [6.45, 7) is 2.08. The number of methoxy groups -OCH3 is 1. The van der Waals surface area contributed by atoms with E-state index in [2.05, 4.69) is 16.9 Å². The van der Waals surface area contributed by atoms with Crippen molar-refractivity contribution in [2.75, 3.05) is 7.11 Å². The maximum atomic E-state index is 9.78. The second-order valence-corrected chi connectivity index (χ2v) is 3.11. The van der Waals surface area contributed by atoms with Crippen molar-refractivity contribution in [3.05, 3.63) is 18.1 Å². The lowest BCUT2D eigenvalue weighted by molar-refractivity contribution is 0.154. The molecule has 0 fully saturated rings. The molecule has 4 heteroatoms. The Morgan fingerprint density at radius 3 is 2.79 bits per heavy atom. The molecule has 1 rings (SSSR count). The Balaban J connectivity index is 2.72. The molecule has 0 saturated heterocycles. The second-order valence-electron chi connectivity index (χ2n) is 3.11. The van der Waals surface area contributed by atoms with Crippen molar-refractivity contribution in [1.82, 2.24) is 9.97 Å². The van der Waals surface area contributed by atoms with E-state index in [1.807, 2.05) is 0 Å². The van der Waals surface area contributed by atoms with Gasteiger partial charge in [-0.15, -0.1) is 0 Å². The second kappa shape index (κ2) is 5.54. The van der Waals surface area contributed by atoms with Crippen LogP contribution in [0.5, 0.6) is 5.88 Å². The first-order chi connectivity index (χ1) is 6.79. The van der Waals surface area contributed by atoms with Crippen LogP contribution in [0.3, 0.4) is 0 Å². The topological polar surface area (TPSA) is 55.2 Å². The number of rotatable bonds is 5. The van der Waals surface area contributed by atoms with Crippen molar-refractivity contribution in [2.24, 2.45) is 0 Å². The first-order valence-corrected chi connectivity index (χ1v) is 4.82. The molecule has 0 bridgehead atoms. The lowest BCUT2D eigenvalue weighted by Crippen LogP contribution is -2.04. The minimum absolute atomic E-state index is 0.413. The normalized spacial score (nSPS) is 12.5. The van der Waals surface area contributed by atoms with Crippen molar-refractivity contribution in [1.29, 1.82) is 0 Å². The minimum Gasteiger partial charge on any atom is -0.480 e. The number of unbranched alkanes of at least 4 members (excludes halogenated alkanes) is 1. The quantitative estimate of drug-likeness (QED) is 0.778. The van der Waals surface area contributed by atoms with Crippen LogP contribution in [-0.4, -0.2) is 22.2 Å². The molecule has 1 atom stereocenters. The van der Waals surface area contributed by atoms with Gasteiger partial charge in [-0.25, -0.2) is 4.98 Å². The third-order valence-corrected chi connectivity index (χ3v) is 2.03. The van der Waals surface area contributed by atoms with E-state index >= 15 is 0 Å². The molecule has 0 aliphatic rings. The first kappa shape index (κ1) is 10.9. The zero-order chi connectivity index (χ0) is 10.4. The van der Waals surface area contributed by atoms with Gasteiger partial charge in [-0.05, 0) is 6.42 Å². The Morgan fingerprint density at radius 1 is 1.43 bits per heavy atom. The molecule has 1 unspecified atom stereocenters. The molecule has 1 aromatic rings. The molecule has 0 aliphatic heterocycles. The van der Waals surface area contributed by atoms with Crippen molar-refractivity contribution in [2.45, 2.75) is 32.3 Å². The fourth-order valence-corrected chi connectivity index (χ4v) is 1.26. The zero-order valence-electron chi connectivity index (χ0n) is 8.60. The highest BCUT2D eigenvalue weighted by Gasteiger charge is 2.14. The van der Waals surface area contributed by atoms with Gasteiger partial charge in [-0.1, -0.05) is 19.8 Å². The van der Waals surface area contributed by atoms with Gasteiger partial charge in [0.15, 0.2) is 0 Å². The Morgan fingerprint density at radius 2 is 2.14 bits per heavy atom. The fourth-order valence-electron chi connectivity index (χ4n) is 1.26. The molecule has 78 valence electrons. The van der Waals surface area contributed by atoms with Crippen LogP contribution in [0.2, 0.25) is 0 Å². The zero-order valence-corrected chi connectivity index (χ0v) is 8.60. The molecular formula is C10H16N2O2. The number of aliphatic hydroxyl groups is 1. The summed E-state index contributed by atoms with van der Waals surface area (Å²) in [7, 11) is 1.53. The summed E-state index contributed by atoms with van der Waals surface area (Å²) < 4.78 is 5.01. The van der Waals surface area contributed by atoms with E-state index in [4.69, 9.17) is 4.74 Å². The Labute approximate surface area is 84.0 Å². The number of aromatic nitrogens is 2. The summed E-state index contributed by atoms with van der Waals surface area (Å²) in [6.07, 6.45) is 5.27. The largest absolute Gasteiger partial charge is 0.480 e. The van der Waals surface area contributed by atoms with Gasteiger partial charge in [0.25, 0.3) is 0 Å². The molecule has 0 radical (unpaired) electrons. The summed E-state index contributed by atoms with van der Waals surface area (Å²) in [5.74, 6) is 0.413. The van der Waals surface area contributed by atoms with E-state index in [0.717, 1.165) is 12.8 Å². The van der Waals surface area contributed by atoms with Crippen molar-refractivity contribution in [3.8, 4) is 5.88 Å². The van der Waals surface area contributed by atoms with Gasteiger partial charge in [0.05, 0.1) is 7.11 Å². The van der Waals surface area contributed by atoms with E-state index in [1.54, 1.807) is 12.4 Å². The number of hydrogen-bond donors (Lipinski definition) is 1. The van der Waals surface area contributed by atoms with Gasteiger partial charge >= 0.3 is 0 Å². The lowest BCUT2D eigenvalue weighted by Gasteiger charge is -2.11. The third-order valence-electron chi connectivity index (χ3n) is 2.03. The van der Waals surface area contributed by atoms with Crippen LogP contribution in [0.1, 0.15) is 38.0 Å². The maximum absolute atomic E-state index is 9.78. The summed E-state index contributed by atoms with van der Waals surface area (Å²) in [5, 5.41) is 9.78. The van der Waals surface area contributed by atoms with Crippen molar-refractivity contribution in [3.63, 3.8) is 0 Å². The smallest absolute Gasteiger partial charge is 0.238 e. The van der Waals surface area contributed by atoms with Crippen LogP contribution >= 0.6 is 0 Å². The summed E-state index contributed by atoms with van der Waals surface area (Å²) in [6, 6.07) is 0. The van der Waals surface area contributed by atoms with Crippen molar-refractivity contribution >= 4 is 0 Å². The monoisotopic (exact) mass is 196 g/mol. The molecule has 0 spiro atoms. The van der Waals surface area contributed by atoms with Crippen molar-refractivity contribution < 1.29 is 9.84 Å². The molecule has 0 aliphatic carbocycles. The van der Waals surface area contributed by atoms with Gasteiger partial charge in [-0.3, -0.25) is 4.98 Å². The molecule has 4 nitrogen and oxygen atoms in total. The maximum Gasteiger partial charge on any atom is 0.238 e. The highest BCUT2D eigenvalue weighted by atomic mass is 16.5. The Bertz CT molecular complexity index is 279. The lowest BCUT2D eigenvalue weighted by atomic mass is 10.1. The number of aliphatic hydroxyl groups excluding tert-OH is 1. The molecule has 1 aromatic heterocycles. The van der Waals surface area contributed by atoms with Crippen LogP contribution in [0, 0.1) is 0 Å². The highest BCUT2D eigenvalue weighted by molar-refractivity contribution is 5.19. The van der Waals surface area contributed by atoms with E-state index in [0.29, 0.717) is 18.0 Å². The van der Waals surface area contributed by atoms with Crippen LogP contribution in [0.15, 0.2) is 12.4 Å². The van der Waals surface area contributed by atoms with Gasteiger partial charge in [-0.2, -0.15) is 0 Å². The SMILES string of the molecule is CCCCC(O)c1nccnc1OC. The predicted molar refractivity (Wildman–Crippen MR) is 53.1 cm³/mol. The molecule has 1 heterocycles. The molecule has 0 saturated carbocycles. The van der Waals surface area contributed by atoms with Crippen LogP contribution in [-0.2, 0) is 0 Å². The predicted octanol–water partition coefficient (Wildman–Crippen LogP) is 1.71. The summed E-state index contributed by atoms with van der Waals surface area (Å²) >= 11 is 0. The number of hydrogen-bond acceptors (Lipinski definition) is 4. The fraction of sp³-hybridized carbons (Fsp3) is 0.600. The summed E-state index contributed by atoms with van der Waals surface area (Å²) in [4.78, 5) is 8.05. The first-order valence-electron chi connectivity index (χ1n) is 4.82. The van der Waals surface area contributed by atoms with Gasteiger partial charge in [0.2, 0.25) is 5.88 Å². The van der Waals surface area contributed by atoms with Gasteiger partial charge < -0.3 is 9.84 Å². The van der Waals surface area contributed by atoms with Crippen LogP contribution < -0.4 is 4.74 Å². The molecular weight excluding hydrogens is 180 g/mol. The van der Waals surface area contributed by atoms with E-state index in [9.17, 15) is 5.11 Å².